The van der Waals surface area contributed by atoms with Crippen molar-refractivity contribution in [1.29, 1.82) is 0 Å². The van der Waals surface area contributed by atoms with Crippen LogP contribution in [0.1, 0.15) is 106 Å². The minimum absolute atomic E-state index is 0.0205. The van der Waals surface area contributed by atoms with Gasteiger partial charge in [-0.1, -0.05) is 64.1 Å². The zero-order chi connectivity index (χ0) is 57.9. The molecule has 0 aliphatic carbocycles. The van der Waals surface area contributed by atoms with Gasteiger partial charge in [-0.3, -0.25) is 24.0 Å². The van der Waals surface area contributed by atoms with Gasteiger partial charge in [0.1, 0.15) is 42.9 Å². The summed E-state index contributed by atoms with van der Waals surface area (Å²) >= 11 is 0. The zero-order valence-corrected chi connectivity index (χ0v) is 45.0. The van der Waals surface area contributed by atoms with Crippen molar-refractivity contribution in [1.82, 2.24) is 15.6 Å². The number of esters is 8. The van der Waals surface area contributed by atoms with Gasteiger partial charge in [0.15, 0.2) is 41.5 Å². The normalized spacial score (nSPS) is 21.6. The molecule has 424 valence electrons. The van der Waals surface area contributed by atoms with Crippen molar-refractivity contribution in [3.8, 4) is 11.5 Å². The second kappa shape index (κ2) is 29.3. The molecule has 3 N–H and O–H groups in total. The molecular formula is C54H67N3O21. The molecule has 3 heterocycles. The summed E-state index contributed by atoms with van der Waals surface area (Å²) in [5.74, 6) is -10.9. The highest BCUT2D eigenvalue weighted by molar-refractivity contribution is 5.98. The van der Waals surface area contributed by atoms with Gasteiger partial charge in [-0.25, -0.2) is 29.0 Å². The summed E-state index contributed by atoms with van der Waals surface area (Å²) in [6.07, 6.45) is -4.61. The van der Waals surface area contributed by atoms with Gasteiger partial charge in [-0.05, 0) is 71.7 Å². The maximum absolute atomic E-state index is 13.2. The van der Waals surface area contributed by atoms with Gasteiger partial charge in [0.25, 0.3) is 5.91 Å². The fraction of sp³-hybridized carbons (Fsp3) is 0.500. The highest BCUT2D eigenvalue weighted by Crippen LogP contribution is 2.29. The van der Waals surface area contributed by atoms with Crippen LogP contribution in [-0.4, -0.2) is 145 Å². The van der Waals surface area contributed by atoms with Crippen LogP contribution in [0.15, 0.2) is 72.9 Å². The van der Waals surface area contributed by atoms with Gasteiger partial charge in [0.05, 0.1) is 43.3 Å². The Kier molecular flexibility index (Phi) is 23.4. The van der Waals surface area contributed by atoms with Crippen molar-refractivity contribution in [2.75, 3.05) is 33.5 Å². The van der Waals surface area contributed by atoms with E-state index in [1.54, 1.807) is 109 Å². The first-order chi connectivity index (χ1) is 36.8. The number of carbonyl (C=O) groups excluding carboxylic acids is 10. The van der Waals surface area contributed by atoms with Crippen molar-refractivity contribution >= 4 is 59.8 Å². The summed E-state index contributed by atoms with van der Waals surface area (Å²) in [5.41, 5.74) is -0.613. The van der Waals surface area contributed by atoms with Crippen LogP contribution >= 0.6 is 0 Å². The number of nitrogens with one attached hydrogen (secondary N) is 2. The number of hydrogen-bond donors (Lipinski definition) is 3. The molecule has 0 bridgehead atoms. The topological polar surface area (TPSA) is 320 Å². The highest BCUT2D eigenvalue weighted by atomic mass is 16.6. The lowest BCUT2D eigenvalue weighted by atomic mass is 9.94. The SMILES string of the molecule is CC(C)C(=O)O[C@H]1[C@H](C)OC(=O)[C@@H](NC(=O)OC(C)(C)C)COC(=O)[C@@H]1CCOC(=O)c1ccccc1.COc1ccnc(C(=O)N[C@H]2COC(=O)[C@H](CCOC(=O)c3ccccc3)[C@@H](OC(=O)C(C)C)[C@H](C)OC2=O)c1O. The van der Waals surface area contributed by atoms with Crippen molar-refractivity contribution in [3.63, 3.8) is 0 Å². The van der Waals surface area contributed by atoms with Crippen LogP contribution in [0.5, 0.6) is 11.5 Å². The molecule has 2 aliphatic heterocycles. The number of nitrogens with zero attached hydrogens (tertiary/aromatic N) is 1. The smallest absolute Gasteiger partial charge is 0.408 e. The Labute approximate surface area is 450 Å². The molecule has 0 spiro atoms. The molecule has 8 atom stereocenters. The first-order valence-electron chi connectivity index (χ1n) is 24.9. The molecule has 2 aromatic carbocycles. The predicted octanol–water partition coefficient (Wildman–Crippen LogP) is 4.61. The average molecular weight is 1090 g/mol. The molecule has 2 aliphatic rings. The summed E-state index contributed by atoms with van der Waals surface area (Å²) in [7, 11) is 1.29. The van der Waals surface area contributed by atoms with E-state index in [2.05, 4.69) is 15.6 Å². The van der Waals surface area contributed by atoms with E-state index in [-0.39, 0.29) is 31.8 Å². The number of pyridine rings is 1. The first kappa shape index (κ1) is 62.2. The molecule has 24 heteroatoms. The number of carbonyl (C=O) groups is 10. The van der Waals surface area contributed by atoms with E-state index < -0.39 is 150 Å². The maximum Gasteiger partial charge on any atom is 0.408 e. The molecule has 1 aromatic heterocycles. The second-order valence-corrected chi connectivity index (χ2v) is 19.4. The van der Waals surface area contributed by atoms with Crippen molar-refractivity contribution in [3.05, 3.63) is 89.7 Å². The van der Waals surface area contributed by atoms with Crippen LogP contribution in [0.4, 0.5) is 4.79 Å². The van der Waals surface area contributed by atoms with Crippen LogP contribution in [0.2, 0.25) is 0 Å². The molecule has 24 nitrogen and oxygen atoms in total. The number of ether oxygens (including phenoxy) is 10. The van der Waals surface area contributed by atoms with Crippen LogP contribution in [0.3, 0.4) is 0 Å². The Morgan fingerprint density at radius 2 is 1.08 bits per heavy atom. The van der Waals surface area contributed by atoms with E-state index in [0.717, 1.165) is 0 Å². The first-order valence-corrected chi connectivity index (χ1v) is 24.9. The lowest BCUT2D eigenvalue weighted by Gasteiger charge is -2.29. The Hall–Kier alpha value is -8.31. The summed E-state index contributed by atoms with van der Waals surface area (Å²) < 4.78 is 53.4. The Morgan fingerprint density at radius 3 is 1.47 bits per heavy atom. The van der Waals surface area contributed by atoms with Crippen LogP contribution in [0, 0.1) is 23.7 Å². The van der Waals surface area contributed by atoms with Gasteiger partial charge in [-0.2, -0.15) is 0 Å². The summed E-state index contributed by atoms with van der Waals surface area (Å²) in [5, 5.41) is 14.9. The number of cyclic esters (lactones) is 4. The number of aromatic hydroxyl groups is 1. The summed E-state index contributed by atoms with van der Waals surface area (Å²) in [6.45, 7) is 12.7. The molecule has 2 saturated heterocycles. The van der Waals surface area contributed by atoms with E-state index >= 15 is 0 Å². The Balaban J connectivity index is 0.000000338. The number of aromatic nitrogens is 1. The number of rotatable bonds is 16. The summed E-state index contributed by atoms with van der Waals surface area (Å²) in [4.78, 5) is 130. The van der Waals surface area contributed by atoms with Crippen LogP contribution < -0.4 is 15.4 Å². The molecule has 0 radical (unpaired) electrons. The third-order valence-electron chi connectivity index (χ3n) is 11.4. The molecule has 0 saturated carbocycles. The van der Waals surface area contributed by atoms with Gasteiger partial charge < -0.3 is 63.1 Å². The van der Waals surface area contributed by atoms with E-state index in [9.17, 15) is 53.1 Å². The van der Waals surface area contributed by atoms with Gasteiger partial charge >= 0.3 is 53.8 Å². The van der Waals surface area contributed by atoms with Gasteiger partial charge in [0, 0.05) is 12.3 Å². The molecule has 2 fully saturated rings. The quantitative estimate of drug-likeness (QED) is 0.130. The maximum atomic E-state index is 13.2. The number of benzene rings is 2. The molecule has 78 heavy (non-hydrogen) atoms. The fourth-order valence-corrected chi connectivity index (χ4v) is 7.25. The Morgan fingerprint density at radius 1 is 0.654 bits per heavy atom. The third kappa shape index (κ3) is 18.8. The highest BCUT2D eigenvalue weighted by Gasteiger charge is 2.44. The number of hydrogen-bond acceptors (Lipinski definition) is 22. The Bertz CT molecular complexity index is 2580. The lowest BCUT2D eigenvalue weighted by Crippen LogP contribution is -2.48. The van der Waals surface area contributed by atoms with E-state index in [1.165, 1.54) is 33.2 Å². The van der Waals surface area contributed by atoms with E-state index in [1.807, 2.05) is 0 Å². The predicted molar refractivity (Wildman–Crippen MR) is 269 cm³/mol. The van der Waals surface area contributed by atoms with E-state index in [0.29, 0.717) is 11.1 Å². The molecule has 3 aromatic rings. The summed E-state index contributed by atoms with van der Waals surface area (Å²) in [6, 6.07) is 15.0. The largest absolute Gasteiger partial charge is 0.503 e. The van der Waals surface area contributed by atoms with Crippen molar-refractivity contribution < 1.29 is 100 Å². The fourth-order valence-electron chi connectivity index (χ4n) is 7.25. The molecule has 5 rings (SSSR count). The van der Waals surface area contributed by atoms with Gasteiger partial charge in [-0.15, -0.1) is 0 Å². The van der Waals surface area contributed by atoms with Crippen molar-refractivity contribution in [2.24, 2.45) is 23.7 Å². The second-order valence-electron chi connectivity index (χ2n) is 19.4. The number of methoxy groups -OCH3 is 1. The van der Waals surface area contributed by atoms with Gasteiger partial charge in [0.2, 0.25) is 0 Å². The van der Waals surface area contributed by atoms with E-state index in [4.69, 9.17) is 47.4 Å². The zero-order valence-electron chi connectivity index (χ0n) is 45.0. The van der Waals surface area contributed by atoms with Crippen molar-refractivity contribution in [2.45, 2.75) is 117 Å². The van der Waals surface area contributed by atoms with Crippen LogP contribution in [-0.2, 0) is 71.4 Å². The lowest BCUT2D eigenvalue weighted by molar-refractivity contribution is -0.177. The molecule has 0 unspecified atom stereocenters. The number of alkyl carbamates (subject to hydrolysis) is 1. The minimum Gasteiger partial charge on any atom is -0.503 e. The molecular weight excluding hydrogens is 1030 g/mol. The molecule has 2 amide bonds. The average Bonchev–Trinajstić information content (AvgIpc) is 3.45. The minimum atomic E-state index is -1.49. The monoisotopic (exact) mass is 1090 g/mol. The third-order valence-corrected chi connectivity index (χ3v) is 11.4. The van der Waals surface area contributed by atoms with Crippen LogP contribution in [0.25, 0.3) is 0 Å². The number of amides is 2. The standard InChI is InChI=1S/C28H32N2O11.C26H35NO10/c1-15(2)25(33)41-23-16(3)40-28(36)19(30-24(32)21-22(31)20(37-4)10-12-29-21)14-39-27(35)18(23)11-13-38-26(34)17-8-6-5-7-9-17;1-15(2)21(28)36-20-16(3)35-24(31)19(27-25(32)37-26(4,5)6)14-34-23(30)18(20)12-13-33-22(29)17-10-8-7-9-11-17/h5-10,12,15-16,18-19,23,31H,11,13-14H2,1-4H3,(H,30,32);7-11,15-16,18-20H,12-14H2,1-6H3,(H,27,32)/t16-,18+,19-,23-;16-,18+,19-,20-/m00/s1.